The van der Waals surface area contributed by atoms with Crippen LogP contribution in [-0.4, -0.2) is 44.2 Å². The second kappa shape index (κ2) is 6.04. The molecule has 0 N–H and O–H groups in total. The predicted molar refractivity (Wildman–Crippen MR) is 83.8 cm³/mol. The molecular formula is C17H26N2O. The fraction of sp³-hybridized carbons (Fsp3) is 0.647. The third kappa shape index (κ3) is 2.78. The van der Waals surface area contributed by atoms with Gasteiger partial charge in [-0.15, -0.1) is 0 Å². The summed E-state index contributed by atoms with van der Waals surface area (Å²) in [7, 11) is 1.74. The van der Waals surface area contributed by atoms with Crippen LogP contribution in [0, 0.1) is 6.92 Å². The summed E-state index contributed by atoms with van der Waals surface area (Å²) in [5.74, 6) is 0.959. The summed E-state index contributed by atoms with van der Waals surface area (Å²) in [4.78, 5) is 5.30. The van der Waals surface area contributed by atoms with Crippen LogP contribution in [0.15, 0.2) is 18.2 Å². The molecule has 1 aromatic rings. The zero-order chi connectivity index (χ0) is 13.9. The lowest BCUT2D eigenvalue weighted by atomic mass is 10.0. The molecule has 1 atom stereocenters. The molecule has 0 spiro atoms. The number of rotatable bonds is 2. The fourth-order valence-electron chi connectivity index (χ4n) is 3.70. The highest BCUT2D eigenvalue weighted by atomic mass is 16.5. The Morgan fingerprint density at radius 3 is 2.75 bits per heavy atom. The SMILES string of the molecule is COc1ccc(N2CCCN3CCCCC3C2)c(C)c1. The molecule has 1 aromatic carbocycles. The van der Waals surface area contributed by atoms with Gasteiger partial charge in [-0.25, -0.2) is 0 Å². The summed E-state index contributed by atoms with van der Waals surface area (Å²) in [6.45, 7) is 7.14. The molecule has 3 nitrogen and oxygen atoms in total. The monoisotopic (exact) mass is 274 g/mol. The third-order valence-corrected chi connectivity index (χ3v) is 4.80. The maximum Gasteiger partial charge on any atom is 0.119 e. The van der Waals surface area contributed by atoms with Gasteiger partial charge >= 0.3 is 0 Å². The van der Waals surface area contributed by atoms with Crippen molar-refractivity contribution >= 4 is 5.69 Å². The standard InChI is InChI=1S/C17H26N2O/c1-14-12-16(20-2)7-8-17(14)19-11-5-10-18-9-4-3-6-15(18)13-19/h7-8,12,15H,3-6,9-11,13H2,1-2H3. The molecule has 0 aromatic heterocycles. The number of ether oxygens (including phenoxy) is 1. The number of benzene rings is 1. The molecule has 0 radical (unpaired) electrons. The van der Waals surface area contributed by atoms with Crippen LogP contribution in [0.25, 0.3) is 0 Å². The van der Waals surface area contributed by atoms with Crippen LogP contribution in [0.2, 0.25) is 0 Å². The van der Waals surface area contributed by atoms with Gasteiger partial charge in [-0.1, -0.05) is 6.42 Å². The van der Waals surface area contributed by atoms with Gasteiger partial charge in [-0.3, -0.25) is 4.90 Å². The van der Waals surface area contributed by atoms with Gasteiger partial charge in [-0.05, 0) is 56.5 Å². The molecule has 1 unspecified atom stereocenters. The maximum absolute atomic E-state index is 5.32. The normalized spacial score (nSPS) is 24.1. The van der Waals surface area contributed by atoms with Crippen LogP contribution >= 0.6 is 0 Å². The van der Waals surface area contributed by atoms with E-state index in [1.807, 2.05) is 0 Å². The Bertz CT molecular complexity index is 460. The lowest BCUT2D eigenvalue weighted by Gasteiger charge is -2.36. The van der Waals surface area contributed by atoms with Crippen LogP contribution < -0.4 is 9.64 Å². The van der Waals surface area contributed by atoms with Crippen molar-refractivity contribution in [3.63, 3.8) is 0 Å². The maximum atomic E-state index is 5.32. The molecule has 3 rings (SSSR count). The number of fused-ring (bicyclic) bond motifs is 1. The first-order valence-corrected chi connectivity index (χ1v) is 7.91. The molecule has 2 aliphatic heterocycles. The Hall–Kier alpha value is -1.22. The predicted octanol–water partition coefficient (Wildman–Crippen LogP) is 3.07. The molecule has 0 amide bonds. The number of nitrogens with zero attached hydrogens (tertiary/aromatic N) is 2. The first-order valence-electron chi connectivity index (χ1n) is 7.91. The van der Waals surface area contributed by atoms with E-state index < -0.39 is 0 Å². The highest BCUT2D eigenvalue weighted by Crippen LogP contribution is 2.28. The van der Waals surface area contributed by atoms with Crippen LogP contribution in [-0.2, 0) is 0 Å². The molecular weight excluding hydrogens is 248 g/mol. The summed E-state index contributed by atoms with van der Waals surface area (Å²) in [5.41, 5.74) is 2.71. The van der Waals surface area contributed by atoms with Crippen molar-refractivity contribution < 1.29 is 4.74 Å². The largest absolute Gasteiger partial charge is 0.497 e. The van der Waals surface area contributed by atoms with Gasteiger partial charge < -0.3 is 9.64 Å². The van der Waals surface area contributed by atoms with Gasteiger partial charge in [0.1, 0.15) is 5.75 Å². The molecule has 20 heavy (non-hydrogen) atoms. The summed E-state index contributed by atoms with van der Waals surface area (Å²) >= 11 is 0. The van der Waals surface area contributed by atoms with Gasteiger partial charge in [0.25, 0.3) is 0 Å². The minimum absolute atomic E-state index is 0.757. The quantitative estimate of drug-likeness (QED) is 0.824. The summed E-state index contributed by atoms with van der Waals surface area (Å²) < 4.78 is 5.32. The lowest BCUT2D eigenvalue weighted by Crippen LogP contribution is -2.44. The van der Waals surface area contributed by atoms with E-state index in [0.29, 0.717) is 0 Å². The second-order valence-corrected chi connectivity index (χ2v) is 6.14. The second-order valence-electron chi connectivity index (χ2n) is 6.14. The van der Waals surface area contributed by atoms with Crippen molar-refractivity contribution in [1.29, 1.82) is 0 Å². The van der Waals surface area contributed by atoms with E-state index in [1.54, 1.807) is 7.11 Å². The first-order chi connectivity index (χ1) is 9.78. The Morgan fingerprint density at radius 2 is 1.95 bits per heavy atom. The molecule has 0 saturated carbocycles. The topological polar surface area (TPSA) is 15.7 Å². The number of anilines is 1. The smallest absolute Gasteiger partial charge is 0.119 e. The Labute approximate surface area is 122 Å². The summed E-state index contributed by atoms with van der Waals surface area (Å²) in [6.07, 6.45) is 5.43. The van der Waals surface area contributed by atoms with E-state index in [9.17, 15) is 0 Å². The minimum atomic E-state index is 0.757. The summed E-state index contributed by atoms with van der Waals surface area (Å²) in [6, 6.07) is 7.23. The number of aryl methyl sites for hydroxylation is 1. The lowest BCUT2D eigenvalue weighted by molar-refractivity contribution is 0.162. The molecule has 0 aliphatic carbocycles. The van der Waals surface area contributed by atoms with E-state index in [-0.39, 0.29) is 0 Å². The molecule has 3 heteroatoms. The van der Waals surface area contributed by atoms with Crippen molar-refractivity contribution in [3.05, 3.63) is 23.8 Å². The molecule has 2 fully saturated rings. The van der Waals surface area contributed by atoms with Crippen molar-refractivity contribution in [2.45, 2.75) is 38.6 Å². The number of piperidine rings is 1. The number of methoxy groups -OCH3 is 1. The zero-order valence-corrected chi connectivity index (χ0v) is 12.8. The van der Waals surface area contributed by atoms with Crippen molar-refractivity contribution in [2.75, 3.05) is 38.2 Å². The van der Waals surface area contributed by atoms with Gasteiger partial charge in [0.15, 0.2) is 0 Å². The molecule has 2 heterocycles. The Balaban J connectivity index is 1.79. The van der Waals surface area contributed by atoms with Crippen molar-refractivity contribution in [2.24, 2.45) is 0 Å². The minimum Gasteiger partial charge on any atom is -0.497 e. The van der Waals surface area contributed by atoms with E-state index in [2.05, 4.69) is 34.9 Å². The van der Waals surface area contributed by atoms with E-state index in [0.717, 1.165) is 11.8 Å². The van der Waals surface area contributed by atoms with Gasteiger partial charge in [0, 0.05) is 31.4 Å². The average Bonchev–Trinajstić information content (AvgIpc) is 2.69. The van der Waals surface area contributed by atoms with E-state index >= 15 is 0 Å². The van der Waals surface area contributed by atoms with Crippen molar-refractivity contribution in [1.82, 2.24) is 4.90 Å². The molecule has 2 aliphatic rings. The fourth-order valence-corrected chi connectivity index (χ4v) is 3.70. The van der Waals surface area contributed by atoms with Crippen LogP contribution in [0.3, 0.4) is 0 Å². The Morgan fingerprint density at radius 1 is 1.10 bits per heavy atom. The number of hydrogen-bond acceptors (Lipinski definition) is 3. The van der Waals surface area contributed by atoms with Crippen LogP contribution in [0.4, 0.5) is 5.69 Å². The van der Waals surface area contributed by atoms with Crippen LogP contribution in [0.1, 0.15) is 31.2 Å². The highest BCUT2D eigenvalue weighted by molar-refractivity contribution is 5.56. The molecule has 110 valence electrons. The van der Waals surface area contributed by atoms with Crippen LogP contribution in [0.5, 0.6) is 5.75 Å². The third-order valence-electron chi connectivity index (χ3n) is 4.80. The van der Waals surface area contributed by atoms with Gasteiger partial charge in [0.05, 0.1) is 7.11 Å². The van der Waals surface area contributed by atoms with Gasteiger partial charge in [0.2, 0.25) is 0 Å². The molecule has 2 saturated heterocycles. The molecule has 0 bridgehead atoms. The van der Waals surface area contributed by atoms with Crippen molar-refractivity contribution in [3.8, 4) is 5.75 Å². The average molecular weight is 274 g/mol. The Kier molecular flexibility index (Phi) is 4.16. The summed E-state index contributed by atoms with van der Waals surface area (Å²) in [5, 5.41) is 0. The number of hydrogen-bond donors (Lipinski definition) is 0. The first kappa shape index (κ1) is 13.7. The van der Waals surface area contributed by atoms with E-state index in [1.165, 1.54) is 63.1 Å². The van der Waals surface area contributed by atoms with E-state index in [4.69, 9.17) is 4.74 Å². The van der Waals surface area contributed by atoms with Gasteiger partial charge in [-0.2, -0.15) is 0 Å². The zero-order valence-electron chi connectivity index (χ0n) is 12.8. The highest BCUT2D eigenvalue weighted by Gasteiger charge is 2.27.